The maximum absolute atomic E-state index is 12.4. The van der Waals surface area contributed by atoms with Crippen LogP contribution in [0.3, 0.4) is 0 Å². The van der Waals surface area contributed by atoms with Crippen molar-refractivity contribution in [2.24, 2.45) is 0 Å². The van der Waals surface area contributed by atoms with Crippen LogP contribution in [0.1, 0.15) is 6.92 Å². The molecule has 0 radical (unpaired) electrons. The number of nitro groups is 1. The van der Waals surface area contributed by atoms with Crippen molar-refractivity contribution in [3.8, 4) is 23.0 Å². The molecule has 2 aromatic carbocycles. The lowest BCUT2D eigenvalue weighted by Crippen LogP contribution is -2.30. The lowest BCUT2D eigenvalue weighted by atomic mass is 10.2. The molecule has 1 atom stereocenters. The van der Waals surface area contributed by atoms with Crippen LogP contribution >= 0.6 is 0 Å². The minimum absolute atomic E-state index is 0.165. The first-order chi connectivity index (χ1) is 13.5. The van der Waals surface area contributed by atoms with E-state index >= 15 is 0 Å². The van der Waals surface area contributed by atoms with Gasteiger partial charge < -0.3 is 19.2 Å². The average molecular weight is 384 g/mol. The molecule has 1 N–H and O–H groups in total. The van der Waals surface area contributed by atoms with E-state index in [-0.39, 0.29) is 11.4 Å². The zero-order valence-electron chi connectivity index (χ0n) is 15.0. The summed E-state index contributed by atoms with van der Waals surface area (Å²) in [5.41, 5.74) is 0.730. The molecule has 0 aliphatic rings. The molecule has 0 saturated carbocycles. The summed E-state index contributed by atoms with van der Waals surface area (Å²) in [6.07, 6.45) is 0.368. The molecule has 3 aromatic rings. The fourth-order valence-corrected chi connectivity index (χ4v) is 2.37. The minimum atomic E-state index is -0.863. The van der Waals surface area contributed by atoms with Crippen LogP contribution < -0.4 is 14.8 Å². The topological polar surface area (TPSA) is 130 Å². The van der Waals surface area contributed by atoms with Crippen molar-refractivity contribution in [2.45, 2.75) is 13.0 Å². The van der Waals surface area contributed by atoms with Gasteiger partial charge in [-0.1, -0.05) is 0 Å². The Balaban J connectivity index is 1.68. The second kappa shape index (κ2) is 8.16. The highest BCUT2D eigenvalue weighted by atomic mass is 16.6. The van der Waals surface area contributed by atoms with Crippen molar-refractivity contribution in [1.29, 1.82) is 0 Å². The number of anilines is 1. The molecule has 28 heavy (non-hydrogen) atoms. The Morgan fingerprint density at radius 1 is 1.25 bits per heavy atom. The average Bonchev–Trinajstić information content (AvgIpc) is 3.23. The summed E-state index contributed by atoms with van der Waals surface area (Å²) >= 11 is 0. The van der Waals surface area contributed by atoms with Gasteiger partial charge in [0.2, 0.25) is 12.3 Å². The number of hydrogen-bond acceptors (Lipinski definition) is 8. The summed E-state index contributed by atoms with van der Waals surface area (Å²) in [4.78, 5) is 22.8. The van der Waals surface area contributed by atoms with E-state index in [0.717, 1.165) is 0 Å². The predicted molar refractivity (Wildman–Crippen MR) is 98.1 cm³/mol. The van der Waals surface area contributed by atoms with E-state index < -0.39 is 16.9 Å². The zero-order valence-corrected chi connectivity index (χ0v) is 15.0. The Hall–Kier alpha value is -3.95. The second-order valence-electron chi connectivity index (χ2n) is 5.66. The number of nitrogens with zero attached hydrogens (tertiary/aromatic N) is 3. The molecule has 0 fully saturated rings. The van der Waals surface area contributed by atoms with Gasteiger partial charge in [-0.05, 0) is 37.3 Å². The van der Waals surface area contributed by atoms with Crippen molar-refractivity contribution < 1.29 is 23.6 Å². The molecular weight excluding hydrogens is 368 g/mol. The Kier molecular flexibility index (Phi) is 5.49. The molecule has 0 unspecified atom stereocenters. The van der Waals surface area contributed by atoms with Gasteiger partial charge in [0.15, 0.2) is 6.10 Å². The fraction of sp³-hybridized carbons (Fsp3) is 0.167. The highest BCUT2D eigenvalue weighted by Crippen LogP contribution is 2.29. The SMILES string of the molecule is COc1ccc([N+](=O)[O-])cc1NC(=O)[C@H](C)Oc1ccc(-c2nnco2)cc1. The fourth-order valence-electron chi connectivity index (χ4n) is 2.37. The number of benzene rings is 2. The Labute approximate surface area is 159 Å². The van der Waals surface area contributed by atoms with Crippen molar-refractivity contribution in [3.63, 3.8) is 0 Å². The summed E-state index contributed by atoms with van der Waals surface area (Å²) in [5, 5.41) is 20.9. The number of non-ortho nitro benzene ring substituents is 1. The molecule has 0 spiro atoms. The van der Waals surface area contributed by atoms with Gasteiger partial charge in [0.25, 0.3) is 11.6 Å². The third-order valence-corrected chi connectivity index (χ3v) is 3.80. The number of carbonyl (C=O) groups is 1. The van der Waals surface area contributed by atoms with Gasteiger partial charge >= 0.3 is 0 Å². The number of ether oxygens (including phenoxy) is 2. The number of amides is 1. The van der Waals surface area contributed by atoms with Crippen molar-refractivity contribution in [2.75, 3.05) is 12.4 Å². The van der Waals surface area contributed by atoms with Crippen LogP contribution in [0.5, 0.6) is 11.5 Å². The van der Waals surface area contributed by atoms with Crippen LogP contribution in [-0.4, -0.2) is 34.2 Å². The smallest absolute Gasteiger partial charge is 0.271 e. The number of aromatic nitrogens is 2. The van der Waals surface area contributed by atoms with Gasteiger partial charge in [0.05, 0.1) is 17.7 Å². The lowest BCUT2D eigenvalue weighted by molar-refractivity contribution is -0.384. The molecule has 10 nitrogen and oxygen atoms in total. The van der Waals surface area contributed by atoms with Gasteiger partial charge in [-0.3, -0.25) is 14.9 Å². The normalized spacial score (nSPS) is 11.5. The summed E-state index contributed by atoms with van der Waals surface area (Å²) in [6.45, 7) is 1.56. The van der Waals surface area contributed by atoms with E-state index in [2.05, 4.69) is 15.5 Å². The molecule has 1 aromatic heterocycles. The van der Waals surface area contributed by atoms with Gasteiger partial charge in [-0.25, -0.2) is 0 Å². The van der Waals surface area contributed by atoms with Crippen molar-refractivity contribution >= 4 is 17.3 Å². The van der Waals surface area contributed by atoms with E-state index in [0.29, 0.717) is 23.0 Å². The number of methoxy groups -OCH3 is 1. The van der Waals surface area contributed by atoms with Crippen LogP contribution in [0.2, 0.25) is 0 Å². The van der Waals surface area contributed by atoms with Crippen LogP contribution in [0.4, 0.5) is 11.4 Å². The first kappa shape index (κ1) is 18.8. The Bertz CT molecular complexity index is 972. The molecule has 0 aliphatic heterocycles. The summed E-state index contributed by atoms with van der Waals surface area (Å²) in [5.74, 6) is 0.641. The second-order valence-corrected chi connectivity index (χ2v) is 5.66. The molecule has 0 saturated heterocycles. The molecule has 0 bridgehead atoms. The van der Waals surface area contributed by atoms with E-state index in [1.165, 1.54) is 31.7 Å². The maximum atomic E-state index is 12.4. The Morgan fingerprint density at radius 3 is 2.61 bits per heavy atom. The van der Waals surface area contributed by atoms with Gasteiger partial charge in [0, 0.05) is 17.7 Å². The van der Waals surface area contributed by atoms with E-state index in [9.17, 15) is 14.9 Å². The van der Waals surface area contributed by atoms with Gasteiger partial charge in [0.1, 0.15) is 11.5 Å². The molecule has 1 amide bonds. The molecule has 3 rings (SSSR count). The minimum Gasteiger partial charge on any atom is -0.495 e. The maximum Gasteiger partial charge on any atom is 0.271 e. The molecule has 0 aliphatic carbocycles. The molecule has 144 valence electrons. The number of carbonyl (C=O) groups excluding carboxylic acids is 1. The lowest BCUT2D eigenvalue weighted by Gasteiger charge is -2.16. The Morgan fingerprint density at radius 2 is 2.00 bits per heavy atom. The molecular formula is C18H16N4O6. The highest BCUT2D eigenvalue weighted by molar-refractivity contribution is 5.95. The van der Waals surface area contributed by atoms with Crippen LogP contribution in [0, 0.1) is 10.1 Å². The number of hydrogen-bond donors (Lipinski definition) is 1. The highest BCUT2D eigenvalue weighted by Gasteiger charge is 2.19. The summed E-state index contributed by atoms with van der Waals surface area (Å²) in [6, 6.07) is 10.7. The largest absolute Gasteiger partial charge is 0.495 e. The van der Waals surface area contributed by atoms with E-state index in [4.69, 9.17) is 13.9 Å². The molecule has 10 heteroatoms. The predicted octanol–water partition coefficient (Wildman–Crippen LogP) is 3.06. The first-order valence-corrected chi connectivity index (χ1v) is 8.14. The van der Waals surface area contributed by atoms with Crippen LogP contribution in [0.15, 0.2) is 53.3 Å². The summed E-state index contributed by atoms with van der Waals surface area (Å²) < 4.78 is 15.9. The van der Waals surface area contributed by atoms with Gasteiger partial charge in [-0.2, -0.15) is 0 Å². The van der Waals surface area contributed by atoms with Crippen molar-refractivity contribution in [3.05, 3.63) is 59.0 Å². The standard InChI is InChI=1S/C18H16N4O6/c1-11(28-14-6-3-12(4-7-14)18-21-19-10-27-18)17(23)20-15-9-13(22(24)25)5-8-16(15)26-2/h3-11H,1-2H3,(H,20,23)/t11-/m0/s1. The van der Waals surface area contributed by atoms with E-state index in [1.54, 1.807) is 31.2 Å². The third kappa shape index (κ3) is 4.23. The number of rotatable bonds is 7. The van der Waals surface area contributed by atoms with Gasteiger partial charge in [-0.15, -0.1) is 10.2 Å². The van der Waals surface area contributed by atoms with Crippen molar-refractivity contribution in [1.82, 2.24) is 10.2 Å². The van der Waals surface area contributed by atoms with E-state index in [1.807, 2.05) is 0 Å². The quantitative estimate of drug-likeness (QED) is 0.486. The summed E-state index contributed by atoms with van der Waals surface area (Å²) in [7, 11) is 1.40. The van der Waals surface area contributed by atoms with Crippen LogP contribution in [0.25, 0.3) is 11.5 Å². The monoisotopic (exact) mass is 384 g/mol. The number of nitro benzene ring substituents is 1. The zero-order chi connectivity index (χ0) is 20.1. The molecule has 1 heterocycles. The van der Waals surface area contributed by atoms with Crippen LogP contribution in [-0.2, 0) is 4.79 Å². The number of nitrogens with one attached hydrogen (secondary N) is 1. The first-order valence-electron chi connectivity index (χ1n) is 8.14. The third-order valence-electron chi connectivity index (χ3n) is 3.80.